The molecule has 6 nitrogen and oxygen atoms in total. The summed E-state index contributed by atoms with van der Waals surface area (Å²) >= 11 is 5.63. The van der Waals surface area contributed by atoms with Crippen molar-refractivity contribution < 1.29 is 17.5 Å². The number of hydrogen-bond acceptors (Lipinski definition) is 5. The first-order chi connectivity index (χ1) is 9.96. The fourth-order valence-electron chi connectivity index (χ4n) is 1.57. The van der Waals surface area contributed by atoms with Crippen molar-refractivity contribution in [1.82, 2.24) is 10.2 Å². The average Bonchev–Trinajstić information content (AvgIpc) is 2.48. The van der Waals surface area contributed by atoms with E-state index in [1.807, 2.05) is 0 Å². The highest BCUT2D eigenvalue weighted by atomic mass is 35.5. The summed E-state index contributed by atoms with van der Waals surface area (Å²) in [5.74, 6) is -0.617. The number of rotatable bonds is 5. The molecule has 2 aromatic rings. The Balaban J connectivity index is 2.50. The molecule has 1 aromatic carbocycles. The summed E-state index contributed by atoms with van der Waals surface area (Å²) in [5.41, 5.74) is 0. The summed E-state index contributed by atoms with van der Waals surface area (Å²) in [6.45, 7) is -0.268. The van der Waals surface area contributed by atoms with E-state index in [-0.39, 0.29) is 22.5 Å². The van der Waals surface area contributed by atoms with Gasteiger partial charge in [0.25, 0.3) is 10.0 Å². The number of ether oxygens (including phenoxy) is 1. The molecule has 0 bridgehead atoms. The highest BCUT2D eigenvalue weighted by Gasteiger charge is 2.26. The van der Waals surface area contributed by atoms with Gasteiger partial charge in [-0.15, -0.1) is 5.10 Å². The van der Waals surface area contributed by atoms with Crippen LogP contribution in [0.2, 0.25) is 5.02 Å². The number of methoxy groups -OCH3 is 1. The van der Waals surface area contributed by atoms with Crippen LogP contribution >= 0.6 is 11.6 Å². The topological polar surface area (TPSA) is 72.4 Å². The maximum absolute atomic E-state index is 13.2. The Morgan fingerprint density at radius 2 is 2.14 bits per heavy atom. The Kier molecular flexibility index (Phi) is 4.71. The van der Waals surface area contributed by atoms with Crippen LogP contribution < -0.4 is 4.31 Å². The smallest absolute Gasteiger partial charge is 0.267 e. The summed E-state index contributed by atoms with van der Waals surface area (Å²) in [6, 6.07) is 6.14. The SMILES string of the molecule is COCN(c1cccnn1)S(=O)(=O)c1ccc(F)c(Cl)c1. The van der Waals surface area contributed by atoms with Gasteiger partial charge in [0.2, 0.25) is 0 Å². The number of halogens is 2. The molecule has 0 unspecified atom stereocenters. The lowest BCUT2D eigenvalue weighted by Crippen LogP contribution is -2.33. The van der Waals surface area contributed by atoms with Crippen LogP contribution in [0.5, 0.6) is 0 Å². The monoisotopic (exact) mass is 331 g/mol. The molecule has 0 radical (unpaired) electrons. The molecule has 9 heteroatoms. The molecule has 1 heterocycles. The zero-order valence-electron chi connectivity index (χ0n) is 10.9. The van der Waals surface area contributed by atoms with Crippen molar-refractivity contribution in [1.29, 1.82) is 0 Å². The van der Waals surface area contributed by atoms with Gasteiger partial charge in [-0.3, -0.25) is 0 Å². The van der Waals surface area contributed by atoms with Gasteiger partial charge in [-0.25, -0.2) is 17.1 Å². The molecule has 0 saturated heterocycles. The van der Waals surface area contributed by atoms with Crippen molar-refractivity contribution in [2.45, 2.75) is 4.90 Å². The van der Waals surface area contributed by atoms with Gasteiger partial charge in [-0.1, -0.05) is 11.6 Å². The van der Waals surface area contributed by atoms with Gasteiger partial charge in [0.05, 0.1) is 9.92 Å². The highest BCUT2D eigenvalue weighted by Crippen LogP contribution is 2.24. The van der Waals surface area contributed by atoms with Crippen molar-refractivity contribution in [3.05, 3.63) is 47.4 Å². The maximum Gasteiger partial charge on any atom is 0.267 e. The molecule has 112 valence electrons. The number of anilines is 1. The molecule has 21 heavy (non-hydrogen) atoms. The quantitative estimate of drug-likeness (QED) is 0.784. The maximum atomic E-state index is 13.2. The van der Waals surface area contributed by atoms with E-state index < -0.39 is 15.8 Å². The first kappa shape index (κ1) is 15.6. The van der Waals surface area contributed by atoms with E-state index in [2.05, 4.69) is 10.2 Å². The van der Waals surface area contributed by atoms with Gasteiger partial charge in [-0.2, -0.15) is 5.10 Å². The van der Waals surface area contributed by atoms with E-state index in [1.165, 1.54) is 25.4 Å². The summed E-state index contributed by atoms with van der Waals surface area (Å²) in [7, 11) is -2.66. The lowest BCUT2D eigenvalue weighted by Gasteiger charge is -2.21. The fraction of sp³-hybridized carbons (Fsp3) is 0.167. The van der Waals surface area contributed by atoms with Crippen LogP contribution in [0.25, 0.3) is 0 Å². The summed E-state index contributed by atoms with van der Waals surface area (Å²) in [5, 5.41) is 7.08. The minimum atomic E-state index is -4.00. The molecule has 0 atom stereocenters. The normalized spacial score (nSPS) is 11.4. The molecule has 0 fully saturated rings. The summed E-state index contributed by atoms with van der Waals surface area (Å²) in [6.07, 6.45) is 1.41. The number of benzene rings is 1. The second-order valence-corrected chi connectivity index (χ2v) is 6.20. The molecule has 0 saturated carbocycles. The molecule has 0 aliphatic rings. The van der Waals surface area contributed by atoms with Crippen LogP contribution in [0.1, 0.15) is 0 Å². The van der Waals surface area contributed by atoms with Crippen molar-refractivity contribution in [2.24, 2.45) is 0 Å². The Morgan fingerprint density at radius 1 is 1.38 bits per heavy atom. The van der Waals surface area contributed by atoms with E-state index >= 15 is 0 Å². The first-order valence-electron chi connectivity index (χ1n) is 5.71. The molecule has 0 aliphatic heterocycles. The van der Waals surface area contributed by atoms with Crippen LogP contribution in [-0.4, -0.2) is 32.5 Å². The molecular formula is C12H11ClFN3O3S. The van der Waals surface area contributed by atoms with E-state index in [0.29, 0.717) is 0 Å². The molecule has 2 rings (SSSR count). The van der Waals surface area contributed by atoms with E-state index in [4.69, 9.17) is 16.3 Å². The number of nitrogens with zero attached hydrogens (tertiary/aromatic N) is 3. The number of sulfonamides is 1. The standard InChI is InChI=1S/C12H11ClFN3O3S/c1-20-8-17(12-3-2-6-15-16-12)21(18,19)9-4-5-11(14)10(13)7-9/h2-7H,8H2,1H3. The minimum absolute atomic E-state index is 0.0831. The van der Waals surface area contributed by atoms with E-state index in [9.17, 15) is 12.8 Å². The van der Waals surface area contributed by atoms with E-state index in [1.54, 1.807) is 0 Å². The highest BCUT2D eigenvalue weighted by molar-refractivity contribution is 7.92. The third kappa shape index (κ3) is 3.29. The average molecular weight is 332 g/mol. The van der Waals surface area contributed by atoms with Crippen molar-refractivity contribution in [2.75, 3.05) is 18.1 Å². The second kappa shape index (κ2) is 6.33. The van der Waals surface area contributed by atoms with Crippen LogP contribution in [0.3, 0.4) is 0 Å². The van der Waals surface area contributed by atoms with Crippen LogP contribution in [-0.2, 0) is 14.8 Å². The van der Waals surface area contributed by atoms with Gasteiger partial charge in [0, 0.05) is 13.3 Å². The van der Waals surface area contributed by atoms with Gasteiger partial charge < -0.3 is 4.74 Å². The Hall–Kier alpha value is -1.77. The predicted molar refractivity (Wildman–Crippen MR) is 75.0 cm³/mol. The van der Waals surface area contributed by atoms with Crippen LogP contribution in [0, 0.1) is 5.82 Å². The third-order valence-corrected chi connectivity index (χ3v) is 4.55. The molecule has 0 amide bonds. The minimum Gasteiger partial charge on any atom is -0.363 e. The van der Waals surface area contributed by atoms with E-state index in [0.717, 1.165) is 22.5 Å². The fourth-order valence-corrected chi connectivity index (χ4v) is 3.16. The van der Waals surface area contributed by atoms with Gasteiger partial charge in [-0.05, 0) is 30.3 Å². The van der Waals surface area contributed by atoms with Crippen molar-refractivity contribution >= 4 is 27.4 Å². The Bertz CT molecular complexity index is 728. The Morgan fingerprint density at radius 3 is 2.71 bits per heavy atom. The number of hydrogen-bond donors (Lipinski definition) is 0. The lowest BCUT2D eigenvalue weighted by molar-refractivity contribution is 0.209. The largest absolute Gasteiger partial charge is 0.363 e. The molecule has 0 spiro atoms. The zero-order valence-corrected chi connectivity index (χ0v) is 12.5. The molecule has 0 aliphatic carbocycles. The van der Waals surface area contributed by atoms with Gasteiger partial charge in [0.1, 0.15) is 12.5 Å². The first-order valence-corrected chi connectivity index (χ1v) is 7.53. The number of aromatic nitrogens is 2. The van der Waals surface area contributed by atoms with Gasteiger partial charge >= 0.3 is 0 Å². The second-order valence-electron chi connectivity index (χ2n) is 3.93. The molecular weight excluding hydrogens is 321 g/mol. The third-order valence-electron chi connectivity index (χ3n) is 2.54. The zero-order chi connectivity index (χ0) is 15.5. The van der Waals surface area contributed by atoms with Crippen molar-refractivity contribution in [3.8, 4) is 0 Å². The summed E-state index contributed by atoms with van der Waals surface area (Å²) in [4.78, 5) is -0.170. The van der Waals surface area contributed by atoms with Crippen LogP contribution in [0.15, 0.2) is 41.4 Å². The van der Waals surface area contributed by atoms with Crippen molar-refractivity contribution in [3.63, 3.8) is 0 Å². The summed E-state index contributed by atoms with van der Waals surface area (Å²) < 4.78 is 44.1. The molecule has 0 N–H and O–H groups in total. The lowest BCUT2D eigenvalue weighted by atomic mass is 10.3. The Labute approximate surface area is 126 Å². The molecule has 1 aromatic heterocycles. The van der Waals surface area contributed by atoms with Crippen LogP contribution in [0.4, 0.5) is 10.2 Å². The predicted octanol–water partition coefficient (Wildman–Crippen LogP) is 2.07. The van der Waals surface area contributed by atoms with Gasteiger partial charge in [0.15, 0.2) is 5.82 Å².